The van der Waals surface area contributed by atoms with Crippen LogP contribution in [0.15, 0.2) is 9.57 Å². The number of nitrogens with one attached hydrogen (secondary N) is 1. The molecule has 3 N–H and O–H groups in total. The fraction of sp³-hybridized carbons (Fsp3) is 0.474. The van der Waals surface area contributed by atoms with Crippen molar-refractivity contribution in [1.29, 1.82) is 0 Å². The Bertz CT molecular complexity index is 1050. The van der Waals surface area contributed by atoms with E-state index in [4.69, 9.17) is 19.6 Å². The van der Waals surface area contributed by atoms with Crippen molar-refractivity contribution in [2.24, 2.45) is 0 Å². The van der Waals surface area contributed by atoms with Crippen LogP contribution in [0.3, 0.4) is 0 Å². The van der Waals surface area contributed by atoms with E-state index in [1.54, 1.807) is 13.8 Å². The molecule has 0 saturated carbocycles. The molecule has 0 aliphatic heterocycles. The van der Waals surface area contributed by atoms with E-state index < -0.39 is 29.9 Å². The first kappa shape index (κ1) is 25.7. The number of nitrogens with two attached hydrogens (primary N) is 1. The lowest BCUT2D eigenvalue weighted by Gasteiger charge is -2.16. The number of ether oxygens (including phenoxy) is 3. The Morgan fingerprint density at radius 3 is 2.30 bits per heavy atom. The Morgan fingerprint density at radius 2 is 1.73 bits per heavy atom. The van der Waals surface area contributed by atoms with Gasteiger partial charge in [0.15, 0.2) is 5.16 Å². The van der Waals surface area contributed by atoms with Crippen LogP contribution in [-0.4, -0.2) is 64.7 Å². The molecule has 0 bridgehead atoms. The van der Waals surface area contributed by atoms with Crippen molar-refractivity contribution in [3.8, 4) is 0 Å². The maximum Gasteiger partial charge on any atom is 0.344 e. The number of carbonyl (C=O) groups is 4. The molecule has 0 fully saturated rings. The molecule has 0 aliphatic rings. The molecule has 2 aromatic heterocycles. The van der Waals surface area contributed by atoms with Gasteiger partial charge in [-0.15, -0.1) is 10.2 Å². The highest BCUT2D eigenvalue weighted by molar-refractivity contribution is 7.99. The molecule has 180 valence electrons. The summed E-state index contributed by atoms with van der Waals surface area (Å²) in [5.74, 6) is -3.16. The number of thioether (sulfide) groups is 1. The largest absolute Gasteiger partial charge is 0.468 e. The molecule has 2 rings (SSSR count). The maximum atomic E-state index is 13.0. The smallest absolute Gasteiger partial charge is 0.344 e. The van der Waals surface area contributed by atoms with E-state index in [2.05, 4.69) is 20.3 Å². The number of anilines is 2. The van der Waals surface area contributed by atoms with Gasteiger partial charge in [-0.3, -0.25) is 19.5 Å². The van der Waals surface area contributed by atoms with Gasteiger partial charge in [0.25, 0.3) is 0 Å². The number of hydrogen-bond acceptors (Lipinski definition) is 12. The van der Waals surface area contributed by atoms with Crippen molar-refractivity contribution in [2.45, 2.75) is 38.9 Å². The minimum Gasteiger partial charge on any atom is -0.468 e. The van der Waals surface area contributed by atoms with Crippen molar-refractivity contribution >= 4 is 47.4 Å². The Morgan fingerprint density at radius 1 is 1.12 bits per heavy atom. The number of rotatable bonds is 10. The summed E-state index contributed by atoms with van der Waals surface area (Å²) >= 11 is 0.979. The Labute approximate surface area is 193 Å². The van der Waals surface area contributed by atoms with E-state index in [9.17, 15) is 19.2 Å². The van der Waals surface area contributed by atoms with Crippen molar-refractivity contribution in [3.05, 3.63) is 16.9 Å². The summed E-state index contributed by atoms with van der Waals surface area (Å²) in [5, 5.41) is 10.3. The summed E-state index contributed by atoms with van der Waals surface area (Å²) in [7, 11) is 1.25. The zero-order valence-electron chi connectivity index (χ0n) is 18.8. The number of esters is 3. The van der Waals surface area contributed by atoms with Gasteiger partial charge in [-0.25, -0.2) is 9.59 Å². The van der Waals surface area contributed by atoms with Gasteiger partial charge in [0.2, 0.25) is 17.7 Å². The van der Waals surface area contributed by atoms with Gasteiger partial charge in [0, 0.05) is 0 Å². The minimum absolute atomic E-state index is 0.0349. The van der Waals surface area contributed by atoms with Crippen molar-refractivity contribution < 1.29 is 37.8 Å². The van der Waals surface area contributed by atoms with Crippen LogP contribution < -0.4 is 11.1 Å². The molecule has 0 saturated heterocycles. The lowest BCUT2D eigenvalue weighted by Crippen LogP contribution is -2.26. The third-order valence-corrected chi connectivity index (χ3v) is 5.20. The molecule has 0 radical (unpaired) electrons. The molecule has 33 heavy (non-hydrogen) atoms. The minimum atomic E-state index is -0.980. The molecule has 1 amide bonds. The van der Waals surface area contributed by atoms with Crippen LogP contribution in [0.4, 0.5) is 11.8 Å². The molecule has 14 heteroatoms. The van der Waals surface area contributed by atoms with E-state index in [0.29, 0.717) is 0 Å². The first-order chi connectivity index (χ1) is 15.7. The molecule has 2 heterocycles. The van der Waals surface area contributed by atoms with Gasteiger partial charge in [0.05, 0.1) is 26.1 Å². The maximum absolute atomic E-state index is 13.0. The molecule has 0 aromatic carbocycles. The highest BCUT2D eigenvalue weighted by Crippen LogP contribution is 2.30. The lowest BCUT2D eigenvalue weighted by atomic mass is 10.1. The number of aromatic nitrogens is 3. The Balaban J connectivity index is 2.36. The van der Waals surface area contributed by atoms with Gasteiger partial charge >= 0.3 is 17.9 Å². The van der Waals surface area contributed by atoms with E-state index in [1.165, 1.54) is 25.5 Å². The standard InChI is InChI=1S/C19H25N5O8S/c1-6-30-16(27)12-10(4)32-15(13(12)17(28)31-7-2)21-14(26)9(3)24-18(20)22-23-19(24)33-8-11(25)29-5/h9H,6-8H2,1-5H3,(H2,20,22)(H,21,26). The second kappa shape index (κ2) is 11.4. The number of amides is 1. The summed E-state index contributed by atoms with van der Waals surface area (Å²) in [5.41, 5.74) is 5.45. The average Bonchev–Trinajstić information content (AvgIpc) is 3.30. The molecule has 0 aliphatic carbocycles. The fourth-order valence-electron chi connectivity index (χ4n) is 2.75. The highest BCUT2D eigenvalue weighted by Gasteiger charge is 2.33. The lowest BCUT2D eigenvalue weighted by molar-refractivity contribution is -0.137. The molecule has 1 atom stereocenters. The second-order valence-corrected chi connectivity index (χ2v) is 7.36. The number of nitrogens with zero attached hydrogens (tertiary/aromatic N) is 3. The van der Waals surface area contributed by atoms with Gasteiger partial charge < -0.3 is 24.4 Å². The van der Waals surface area contributed by atoms with Gasteiger partial charge in [-0.2, -0.15) is 0 Å². The molecule has 0 spiro atoms. The summed E-state index contributed by atoms with van der Waals surface area (Å²) in [6.07, 6.45) is 0. The summed E-state index contributed by atoms with van der Waals surface area (Å²) in [6.45, 7) is 6.27. The normalized spacial score (nSPS) is 11.5. The zero-order chi connectivity index (χ0) is 24.7. The fourth-order valence-corrected chi connectivity index (χ4v) is 3.60. The molecule has 1 unspecified atom stereocenters. The highest BCUT2D eigenvalue weighted by atomic mass is 32.2. The second-order valence-electron chi connectivity index (χ2n) is 6.42. The van der Waals surface area contributed by atoms with Crippen LogP contribution in [0.2, 0.25) is 0 Å². The van der Waals surface area contributed by atoms with Crippen LogP contribution >= 0.6 is 11.8 Å². The quantitative estimate of drug-likeness (QED) is 0.283. The third kappa shape index (κ3) is 5.83. The summed E-state index contributed by atoms with van der Waals surface area (Å²) < 4.78 is 21.4. The number of hydrogen-bond donors (Lipinski definition) is 2. The Hall–Kier alpha value is -3.55. The van der Waals surface area contributed by atoms with Crippen molar-refractivity contribution in [3.63, 3.8) is 0 Å². The molecular formula is C19H25N5O8S. The van der Waals surface area contributed by atoms with Crippen molar-refractivity contribution in [1.82, 2.24) is 14.8 Å². The van der Waals surface area contributed by atoms with E-state index in [0.717, 1.165) is 11.8 Å². The Kier molecular flexibility index (Phi) is 8.85. The van der Waals surface area contributed by atoms with Gasteiger partial charge in [-0.05, 0) is 27.7 Å². The van der Waals surface area contributed by atoms with Gasteiger partial charge in [-0.1, -0.05) is 11.8 Å². The summed E-state index contributed by atoms with van der Waals surface area (Å²) in [6, 6.07) is -0.980. The SMILES string of the molecule is CCOC(=O)c1c(C)oc(NC(=O)C(C)n2c(N)nnc2SCC(=O)OC)c1C(=O)OCC. The van der Waals surface area contributed by atoms with Crippen LogP contribution in [0.25, 0.3) is 0 Å². The topological polar surface area (TPSA) is 178 Å². The predicted octanol–water partition coefficient (Wildman–Crippen LogP) is 1.58. The zero-order valence-corrected chi connectivity index (χ0v) is 19.6. The average molecular weight is 484 g/mol. The van der Waals surface area contributed by atoms with Crippen LogP contribution in [-0.2, 0) is 23.8 Å². The van der Waals surface area contributed by atoms with E-state index in [1.807, 2.05) is 0 Å². The number of carbonyl (C=O) groups excluding carboxylic acids is 4. The van der Waals surface area contributed by atoms with Crippen LogP contribution in [0, 0.1) is 6.92 Å². The predicted molar refractivity (Wildman–Crippen MR) is 116 cm³/mol. The first-order valence-electron chi connectivity index (χ1n) is 9.84. The molecule has 2 aromatic rings. The van der Waals surface area contributed by atoms with Crippen LogP contribution in [0.1, 0.15) is 53.3 Å². The first-order valence-corrected chi connectivity index (χ1v) is 10.8. The number of methoxy groups -OCH3 is 1. The number of furan rings is 1. The van der Waals surface area contributed by atoms with Gasteiger partial charge in [0.1, 0.15) is 22.9 Å². The molecular weight excluding hydrogens is 458 g/mol. The number of aryl methyl sites for hydroxylation is 1. The monoisotopic (exact) mass is 483 g/mol. The van der Waals surface area contributed by atoms with Crippen molar-refractivity contribution in [2.75, 3.05) is 37.1 Å². The molecule has 13 nitrogen and oxygen atoms in total. The summed E-state index contributed by atoms with van der Waals surface area (Å²) in [4.78, 5) is 49.3. The third-order valence-electron chi connectivity index (χ3n) is 4.28. The van der Waals surface area contributed by atoms with E-state index >= 15 is 0 Å². The number of nitrogen functional groups attached to an aromatic ring is 1. The van der Waals surface area contributed by atoms with Crippen LogP contribution in [0.5, 0.6) is 0 Å². The van der Waals surface area contributed by atoms with E-state index in [-0.39, 0.29) is 52.8 Å².